The number of ether oxygens (including phenoxy) is 2. The third-order valence-electron chi connectivity index (χ3n) is 5.13. The quantitative estimate of drug-likeness (QED) is 0.512. The Kier molecular flexibility index (Phi) is 4.95. The van der Waals surface area contributed by atoms with Crippen molar-refractivity contribution < 1.29 is 14.3 Å². The van der Waals surface area contributed by atoms with Gasteiger partial charge in [0.05, 0.1) is 16.6 Å². The van der Waals surface area contributed by atoms with Crippen LogP contribution in [0.1, 0.15) is 5.82 Å². The summed E-state index contributed by atoms with van der Waals surface area (Å²) in [5, 5.41) is 6.11. The molecule has 0 aliphatic carbocycles. The zero-order valence-electron chi connectivity index (χ0n) is 17.3. The molecule has 0 bridgehead atoms. The number of urea groups is 1. The Balaban J connectivity index is 1.33. The average molecular weight is 428 g/mol. The van der Waals surface area contributed by atoms with Gasteiger partial charge in [-0.05, 0) is 55.5 Å². The molecular weight excluding hydrogens is 408 g/mol. The molecule has 8 nitrogen and oxygen atoms in total. The number of rotatable bonds is 3. The highest BCUT2D eigenvalue weighted by Crippen LogP contribution is 2.32. The number of amides is 2. The molecule has 8 heteroatoms. The van der Waals surface area contributed by atoms with Crippen LogP contribution in [0, 0.1) is 6.92 Å². The summed E-state index contributed by atoms with van der Waals surface area (Å²) in [6, 6.07) is 19.1. The van der Waals surface area contributed by atoms with Crippen molar-refractivity contribution in [3.63, 3.8) is 0 Å². The van der Waals surface area contributed by atoms with Gasteiger partial charge in [-0.25, -0.2) is 9.78 Å². The maximum Gasteiger partial charge on any atom is 0.323 e. The number of fused-ring (bicyclic) bond motifs is 2. The fourth-order valence-corrected chi connectivity index (χ4v) is 3.66. The number of carbonyl (C=O) groups excluding carboxylic acids is 1. The number of carbonyl (C=O) groups is 1. The highest BCUT2D eigenvalue weighted by Gasteiger charge is 2.13. The molecule has 32 heavy (non-hydrogen) atoms. The van der Waals surface area contributed by atoms with Crippen LogP contribution < -0.4 is 25.7 Å². The minimum atomic E-state index is -0.393. The van der Waals surface area contributed by atoms with Gasteiger partial charge >= 0.3 is 6.03 Å². The van der Waals surface area contributed by atoms with Gasteiger partial charge in [0, 0.05) is 17.4 Å². The van der Waals surface area contributed by atoms with Crippen LogP contribution in [-0.2, 0) is 0 Å². The standard InChI is InChI=1S/C24H20N4O4/c1-15-25-20-5-3-2-4-19(20)23(29)28(15)18-9-6-16(7-10-18)26-24(30)27-17-8-11-21-22(14-17)32-13-12-31-21/h2-11,14H,12-13H2,1H3,(H2,26,27,30). The Morgan fingerprint density at radius 1 is 0.906 bits per heavy atom. The molecule has 0 saturated carbocycles. The maximum absolute atomic E-state index is 12.9. The first-order valence-corrected chi connectivity index (χ1v) is 10.1. The molecule has 160 valence electrons. The van der Waals surface area contributed by atoms with E-state index >= 15 is 0 Å². The Bertz CT molecular complexity index is 1380. The number of benzene rings is 3. The molecule has 3 aromatic carbocycles. The minimum absolute atomic E-state index is 0.134. The number of para-hydroxylation sites is 1. The Morgan fingerprint density at radius 2 is 1.59 bits per heavy atom. The van der Waals surface area contributed by atoms with Crippen molar-refractivity contribution in [2.24, 2.45) is 0 Å². The van der Waals surface area contributed by atoms with Crippen LogP contribution in [0.25, 0.3) is 16.6 Å². The summed E-state index contributed by atoms with van der Waals surface area (Å²) in [5.41, 5.74) is 2.38. The molecule has 0 radical (unpaired) electrons. The van der Waals surface area contributed by atoms with Gasteiger partial charge in [0.15, 0.2) is 11.5 Å². The summed E-state index contributed by atoms with van der Waals surface area (Å²) < 4.78 is 12.6. The van der Waals surface area contributed by atoms with Gasteiger partial charge < -0.3 is 20.1 Å². The van der Waals surface area contributed by atoms with Crippen molar-refractivity contribution in [1.82, 2.24) is 9.55 Å². The summed E-state index contributed by atoms with van der Waals surface area (Å²) in [6.07, 6.45) is 0. The smallest absolute Gasteiger partial charge is 0.323 e. The van der Waals surface area contributed by atoms with Gasteiger partial charge in [0.2, 0.25) is 0 Å². The van der Waals surface area contributed by atoms with E-state index in [1.165, 1.54) is 0 Å². The average Bonchev–Trinajstić information content (AvgIpc) is 2.80. The molecule has 0 atom stereocenters. The van der Waals surface area contributed by atoms with Crippen LogP contribution in [0.4, 0.5) is 16.2 Å². The number of aromatic nitrogens is 2. The van der Waals surface area contributed by atoms with E-state index in [1.54, 1.807) is 60.0 Å². The maximum atomic E-state index is 12.9. The van der Waals surface area contributed by atoms with Crippen LogP contribution in [0.3, 0.4) is 0 Å². The minimum Gasteiger partial charge on any atom is -0.486 e. The van der Waals surface area contributed by atoms with Crippen LogP contribution in [0.2, 0.25) is 0 Å². The summed E-state index contributed by atoms with van der Waals surface area (Å²) in [6.45, 7) is 2.78. The van der Waals surface area contributed by atoms with Gasteiger partial charge in [-0.15, -0.1) is 0 Å². The molecule has 2 N–H and O–H groups in total. The number of hydrogen-bond donors (Lipinski definition) is 2. The first-order chi connectivity index (χ1) is 15.6. The highest BCUT2D eigenvalue weighted by atomic mass is 16.6. The Hall–Kier alpha value is -4.33. The molecule has 1 aromatic heterocycles. The fourth-order valence-electron chi connectivity index (χ4n) is 3.66. The number of nitrogens with zero attached hydrogens (tertiary/aromatic N) is 2. The monoisotopic (exact) mass is 428 g/mol. The molecule has 1 aliphatic rings. The van der Waals surface area contributed by atoms with E-state index in [9.17, 15) is 9.59 Å². The van der Waals surface area contributed by atoms with Crippen molar-refractivity contribution >= 4 is 28.3 Å². The molecule has 0 fully saturated rings. The second kappa shape index (κ2) is 8.07. The molecular formula is C24H20N4O4. The van der Waals surface area contributed by atoms with Gasteiger partial charge in [0.1, 0.15) is 19.0 Å². The predicted octanol–water partition coefficient (Wildman–Crippen LogP) is 4.11. The van der Waals surface area contributed by atoms with Gasteiger partial charge in [-0.2, -0.15) is 0 Å². The molecule has 2 heterocycles. The van der Waals surface area contributed by atoms with Gasteiger partial charge in [-0.3, -0.25) is 9.36 Å². The summed E-state index contributed by atoms with van der Waals surface area (Å²) in [5.74, 6) is 1.85. The molecule has 1 aliphatic heterocycles. The van der Waals surface area contributed by atoms with Crippen LogP contribution in [0.15, 0.2) is 71.5 Å². The lowest BCUT2D eigenvalue weighted by Crippen LogP contribution is -2.22. The number of anilines is 2. The van der Waals surface area contributed by atoms with E-state index in [0.717, 1.165) is 0 Å². The second-order valence-corrected chi connectivity index (χ2v) is 7.30. The van der Waals surface area contributed by atoms with Crippen LogP contribution in [0.5, 0.6) is 11.5 Å². The van der Waals surface area contributed by atoms with E-state index in [0.29, 0.717) is 58.5 Å². The third kappa shape index (κ3) is 3.74. The highest BCUT2D eigenvalue weighted by molar-refractivity contribution is 6.00. The number of nitrogens with one attached hydrogen (secondary N) is 2. The Morgan fingerprint density at radius 3 is 2.41 bits per heavy atom. The fraction of sp³-hybridized carbons (Fsp3) is 0.125. The molecule has 5 rings (SSSR count). The van der Waals surface area contributed by atoms with Crippen LogP contribution in [-0.4, -0.2) is 28.8 Å². The number of hydrogen-bond acceptors (Lipinski definition) is 5. The summed E-state index contributed by atoms with van der Waals surface area (Å²) in [7, 11) is 0. The second-order valence-electron chi connectivity index (χ2n) is 7.30. The normalized spacial score (nSPS) is 12.4. The van der Waals surface area contributed by atoms with Gasteiger partial charge in [0.25, 0.3) is 5.56 Å². The van der Waals surface area contributed by atoms with Crippen molar-refractivity contribution in [2.75, 3.05) is 23.8 Å². The number of aryl methyl sites for hydroxylation is 1. The molecule has 0 unspecified atom stereocenters. The molecule has 4 aromatic rings. The molecule has 2 amide bonds. The van der Waals surface area contributed by atoms with E-state index < -0.39 is 6.03 Å². The zero-order chi connectivity index (χ0) is 22.1. The van der Waals surface area contributed by atoms with Crippen LogP contribution >= 0.6 is 0 Å². The predicted molar refractivity (Wildman–Crippen MR) is 122 cm³/mol. The van der Waals surface area contributed by atoms with E-state index in [-0.39, 0.29) is 5.56 Å². The SMILES string of the molecule is Cc1nc2ccccc2c(=O)n1-c1ccc(NC(=O)Nc2ccc3c(c2)OCCO3)cc1. The van der Waals surface area contributed by atoms with Crippen molar-refractivity contribution in [3.8, 4) is 17.2 Å². The Labute approximate surface area is 183 Å². The lowest BCUT2D eigenvalue weighted by Gasteiger charge is -2.19. The molecule has 0 spiro atoms. The van der Waals surface area contributed by atoms with E-state index in [1.807, 2.05) is 18.2 Å². The van der Waals surface area contributed by atoms with E-state index in [4.69, 9.17) is 9.47 Å². The first kappa shape index (κ1) is 19.6. The van der Waals surface area contributed by atoms with Crippen molar-refractivity contribution in [1.29, 1.82) is 0 Å². The summed E-state index contributed by atoms with van der Waals surface area (Å²) in [4.78, 5) is 29.9. The van der Waals surface area contributed by atoms with Crippen molar-refractivity contribution in [2.45, 2.75) is 6.92 Å². The lowest BCUT2D eigenvalue weighted by molar-refractivity contribution is 0.171. The van der Waals surface area contributed by atoms with Gasteiger partial charge in [-0.1, -0.05) is 12.1 Å². The topological polar surface area (TPSA) is 94.5 Å². The van der Waals surface area contributed by atoms with Crippen molar-refractivity contribution in [3.05, 3.63) is 82.9 Å². The lowest BCUT2D eigenvalue weighted by atomic mass is 10.2. The zero-order valence-corrected chi connectivity index (χ0v) is 17.3. The summed E-state index contributed by atoms with van der Waals surface area (Å²) >= 11 is 0. The molecule has 0 saturated heterocycles. The third-order valence-corrected chi connectivity index (χ3v) is 5.13. The van der Waals surface area contributed by atoms with E-state index in [2.05, 4.69) is 15.6 Å². The largest absolute Gasteiger partial charge is 0.486 e. The first-order valence-electron chi connectivity index (χ1n) is 10.1.